The second-order valence-electron chi connectivity index (χ2n) is 6.20. The molecule has 0 saturated heterocycles. The summed E-state index contributed by atoms with van der Waals surface area (Å²) in [4.78, 5) is -0.0351. The highest BCUT2D eigenvalue weighted by Gasteiger charge is 2.26. The summed E-state index contributed by atoms with van der Waals surface area (Å²) < 4.78 is 65.7. The first-order valence-corrected chi connectivity index (χ1v) is 9.80. The number of hydrogen-bond acceptors (Lipinski definition) is 5. The van der Waals surface area contributed by atoms with Gasteiger partial charge in [0, 0.05) is 30.4 Å². The maximum atomic E-state index is 14.4. The molecule has 0 atom stereocenters. The molecule has 29 heavy (non-hydrogen) atoms. The van der Waals surface area contributed by atoms with Gasteiger partial charge in [-0.25, -0.2) is 21.2 Å². The molecule has 1 aliphatic heterocycles. The molecular formula is C19H17ClF2N2O4S. The van der Waals surface area contributed by atoms with E-state index >= 15 is 0 Å². The summed E-state index contributed by atoms with van der Waals surface area (Å²) in [5.41, 5.74) is 0.707. The molecule has 0 radical (unpaired) electrons. The Balaban J connectivity index is 0.00000240. The zero-order valence-electron chi connectivity index (χ0n) is 15.2. The fraction of sp³-hybridized carbons (Fsp3) is 0.158. The van der Waals surface area contributed by atoms with Crippen LogP contribution in [0.2, 0.25) is 0 Å². The number of hydrogen-bond donors (Lipinski definition) is 1. The number of halogens is 3. The summed E-state index contributed by atoms with van der Waals surface area (Å²) in [5.74, 6) is -0.824. The minimum Gasteiger partial charge on any atom is -0.454 e. The van der Waals surface area contributed by atoms with Gasteiger partial charge in [-0.2, -0.15) is 0 Å². The third kappa shape index (κ3) is 3.81. The van der Waals surface area contributed by atoms with Gasteiger partial charge < -0.3 is 14.8 Å². The van der Waals surface area contributed by atoms with E-state index in [1.807, 2.05) is 0 Å². The first-order valence-electron chi connectivity index (χ1n) is 8.36. The molecule has 0 spiro atoms. The normalized spacial score (nSPS) is 12.7. The zero-order valence-corrected chi connectivity index (χ0v) is 16.8. The molecule has 3 aromatic rings. The predicted octanol–water partition coefficient (Wildman–Crippen LogP) is 3.54. The lowest BCUT2D eigenvalue weighted by Crippen LogP contribution is -2.14. The molecule has 2 heterocycles. The molecular weight excluding hydrogens is 426 g/mol. The van der Waals surface area contributed by atoms with Crippen LogP contribution in [0.3, 0.4) is 0 Å². The minimum absolute atomic E-state index is 0. The molecule has 0 amide bonds. The lowest BCUT2D eigenvalue weighted by atomic mass is 10.1. The highest BCUT2D eigenvalue weighted by atomic mass is 35.5. The molecule has 0 unspecified atom stereocenters. The number of fused-ring (bicyclic) bond motifs is 1. The Kier molecular flexibility index (Phi) is 5.83. The monoisotopic (exact) mass is 442 g/mol. The van der Waals surface area contributed by atoms with E-state index in [2.05, 4.69) is 5.32 Å². The first-order chi connectivity index (χ1) is 13.4. The second-order valence-corrected chi connectivity index (χ2v) is 8.02. The van der Waals surface area contributed by atoms with E-state index in [-0.39, 0.29) is 35.4 Å². The van der Waals surface area contributed by atoms with Gasteiger partial charge in [-0.3, -0.25) is 0 Å². The van der Waals surface area contributed by atoms with Gasteiger partial charge in [0.1, 0.15) is 11.6 Å². The molecule has 1 aliphatic rings. The Morgan fingerprint density at radius 1 is 1.07 bits per heavy atom. The molecule has 0 bridgehead atoms. The number of ether oxygens (including phenoxy) is 2. The van der Waals surface area contributed by atoms with Crippen molar-refractivity contribution in [1.82, 2.24) is 9.29 Å². The van der Waals surface area contributed by atoms with Gasteiger partial charge in [0.25, 0.3) is 10.0 Å². The van der Waals surface area contributed by atoms with Crippen molar-refractivity contribution in [1.29, 1.82) is 0 Å². The summed E-state index contributed by atoms with van der Waals surface area (Å²) in [6.07, 6.45) is 1.41. The average Bonchev–Trinajstić information content (AvgIpc) is 3.28. The lowest BCUT2D eigenvalue weighted by Gasteiger charge is -2.12. The van der Waals surface area contributed by atoms with E-state index in [1.165, 1.54) is 30.5 Å². The van der Waals surface area contributed by atoms with E-state index in [9.17, 15) is 17.2 Å². The topological polar surface area (TPSA) is 69.6 Å². The van der Waals surface area contributed by atoms with Crippen LogP contribution in [0.4, 0.5) is 8.78 Å². The highest BCUT2D eigenvalue weighted by molar-refractivity contribution is 7.90. The van der Waals surface area contributed by atoms with Crippen LogP contribution in [0, 0.1) is 11.6 Å². The SMILES string of the molecule is CNCc1cc(-c2ccc(F)cc2F)n(S(=O)(=O)c2ccc3c(c2)OCO3)c1.Cl. The number of benzene rings is 2. The van der Waals surface area contributed by atoms with E-state index in [0.717, 1.165) is 16.1 Å². The average molecular weight is 443 g/mol. The van der Waals surface area contributed by atoms with Gasteiger partial charge in [0.05, 0.1) is 10.6 Å². The quantitative estimate of drug-likeness (QED) is 0.654. The number of nitrogens with zero attached hydrogens (tertiary/aromatic N) is 1. The van der Waals surface area contributed by atoms with Gasteiger partial charge in [-0.05, 0) is 42.9 Å². The second kappa shape index (κ2) is 8.02. The van der Waals surface area contributed by atoms with Gasteiger partial charge in [-0.1, -0.05) is 0 Å². The molecule has 10 heteroatoms. The van der Waals surface area contributed by atoms with Crippen molar-refractivity contribution in [2.75, 3.05) is 13.8 Å². The predicted molar refractivity (Wildman–Crippen MR) is 105 cm³/mol. The fourth-order valence-electron chi connectivity index (χ4n) is 3.04. The molecule has 0 saturated carbocycles. The Morgan fingerprint density at radius 2 is 1.83 bits per heavy atom. The summed E-state index contributed by atoms with van der Waals surface area (Å²) in [7, 11) is -2.36. The van der Waals surface area contributed by atoms with Crippen LogP contribution in [0.15, 0.2) is 53.6 Å². The third-order valence-electron chi connectivity index (χ3n) is 4.33. The van der Waals surface area contributed by atoms with Crippen LogP contribution in [0.1, 0.15) is 5.56 Å². The van der Waals surface area contributed by atoms with Gasteiger partial charge in [0.2, 0.25) is 6.79 Å². The Morgan fingerprint density at radius 3 is 2.55 bits per heavy atom. The largest absolute Gasteiger partial charge is 0.454 e. The number of nitrogens with one attached hydrogen (secondary N) is 1. The fourth-order valence-corrected chi connectivity index (χ4v) is 4.45. The van der Waals surface area contributed by atoms with Gasteiger partial charge in [0.15, 0.2) is 11.5 Å². The standard InChI is InChI=1S/C19H16F2N2O4S.ClH/c1-22-9-12-6-17(15-4-2-13(20)7-16(15)21)23(10-12)28(24,25)14-3-5-18-19(8-14)27-11-26-18;/h2-8,10,22H,9,11H2,1H3;1H. The maximum absolute atomic E-state index is 14.4. The van der Waals surface area contributed by atoms with E-state index in [1.54, 1.807) is 13.1 Å². The van der Waals surface area contributed by atoms with Crippen molar-refractivity contribution in [3.8, 4) is 22.8 Å². The van der Waals surface area contributed by atoms with Crippen LogP contribution in [-0.2, 0) is 16.6 Å². The van der Waals surface area contributed by atoms with Crippen LogP contribution in [0.25, 0.3) is 11.3 Å². The molecule has 1 aromatic heterocycles. The summed E-state index contributed by atoms with van der Waals surface area (Å²) in [6, 6.07) is 8.83. The van der Waals surface area contributed by atoms with Crippen molar-refractivity contribution in [3.63, 3.8) is 0 Å². The third-order valence-corrected chi connectivity index (χ3v) is 6.00. The number of aromatic nitrogens is 1. The van der Waals surface area contributed by atoms with Crippen LogP contribution < -0.4 is 14.8 Å². The molecule has 4 rings (SSSR count). The summed E-state index contributed by atoms with van der Waals surface area (Å²) >= 11 is 0. The Bertz CT molecular complexity index is 1170. The zero-order chi connectivity index (χ0) is 19.9. The highest BCUT2D eigenvalue weighted by Crippen LogP contribution is 2.36. The van der Waals surface area contributed by atoms with Gasteiger partial charge in [-0.15, -0.1) is 12.4 Å². The van der Waals surface area contributed by atoms with Crippen LogP contribution in [-0.4, -0.2) is 26.2 Å². The van der Waals surface area contributed by atoms with Crippen molar-refractivity contribution < 1.29 is 26.7 Å². The van der Waals surface area contributed by atoms with Gasteiger partial charge >= 0.3 is 0 Å². The minimum atomic E-state index is -4.07. The lowest BCUT2D eigenvalue weighted by molar-refractivity contribution is 0.174. The van der Waals surface area contributed by atoms with E-state index in [0.29, 0.717) is 23.6 Å². The van der Waals surface area contributed by atoms with Crippen molar-refractivity contribution in [3.05, 3.63) is 65.9 Å². The van der Waals surface area contributed by atoms with Crippen LogP contribution >= 0.6 is 12.4 Å². The van der Waals surface area contributed by atoms with E-state index < -0.39 is 21.7 Å². The van der Waals surface area contributed by atoms with E-state index in [4.69, 9.17) is 9.47 Å². The van der Waals surface area contributed by atoms with Crippen LogP contribution in [0.5, 0.6) is 11.5 Å². The number of rotatable bonds is 5. The molecule has 6 nitrogen and oxygen atoms in total. The summed E-state index contributed by atoms with van der Waals surface area (Å²) in [6.45, 7) is 0.389. The molecule has 0 fully saturated rings. The Hall–Kier alpha value is -2.62. The smallest absolute Gasteiger partial charge is 0.268 e. The molecule has 1 N–H and O–H groups in total. The Labute approximate surface area is 172 Å². The molecule has 2 aromatic carbocycles. The maximum Gasteiger partial charge on any atom is 0.268 e. The molecule has 0 aliphatic carbocycles. The van der Waals surface area contributed by atoms with Crippen molar-refractivity contribution in [2.24, 2.45) is 0 Å². The van der Waals surface area contributed by atoms with Crippen molar-refractivity contribution >= 4 is 22.4 Å². The van der Waals surface area contributed by atoms with Crippen molar-refractivity contribution in [2.45, 2.75) is 11.4 Å². The summed E-state index contributed by atoms with van der Waals surface area (Å²) in [5, 5.41) is 2.93. The molecule has 154 valence electrons. The first kappa shape index (κ1) is 21.1.